The summed E-state index contributed by atoms with van der Waals surface area (Å²) in [6, 6.07) is 0. The van der Waals surface area contributed by atoms with Gasteiger partial charge >= 0.3 is 0 Å². The molecule has 0 heterocycles. The van der Waals surface area contributed by atoms with Crippen LogP contribution in [0, 0.1) is 5.92 Å². The van der Waals surface area contributed by atoms with Gasteiger partial charge in [-0.15, -0.1) is 0 Å². The first-order valence-electron chi connectivity index (χ1n) is 8.23. The maximum atomic E-state index is 12.0. The average molecular weight is 284 g/mol. The molecule has 1 amide bonds. The third-order valence-corrected chi connectivity index (χ3v) is 4.51. The van der Waals surface area contributed by atoms with E-state index >= 15 is 0 Å². The monoisotopic (exact) mass is 284 g/mol. The Kier molecular flexibility index (Phi) is 7.52. The summed E-state index contributed by atoms with van der Waals surface area (Å²) >= 11 is 0. The van der Waals surface area contributed by atoms with Gasteiger partial charge in [0.15, 0.2) is 0 Å². The highest BCUT2D eigenvalue weighted by atomic mass is 16.5. The second-order valence-corrected chi connectivity index (χ2v) is 6.11. The van der Waals surface area contributed by atoms with Gasteiger partial charge in [0.25, 0.3) is 0 Å². The van der Waals surface area contributed by atoms with Gasteiger partial charge in [0.05, 0.1) is 6.10 Å². The molecule has 1 fully saturated rings. The van der Waals surface area contributed by atoms with Gasteiger partial charge < -0.3 is 15.8 Å². The Balaban J connectivity index is 2.51. The molecule has 0 spiro atoms. The topological polar surface area (TPSA) is 64.3 Å². The molecule has 0 aliphatic heterocycles. The molecule has 0 aromatic carbocycles. The zero-order valence-corrected chi connectivity index (χ0v) is 13.4. The molecule has 4 nitrogen and oxygen atoms in total. The lowest BCUT2D eigenvalue weighted by Crippen LogP contribution is -2.58. The maximum absolute atomic E-state index is 12.0. The fraction of sp³-hybridized carbons (Fsp3) is 0.938. The van der Waals surface area contributed by atoms with Crippen molar-refractivity contribution in [2.75, 3.05) is 13.2 Å². The van der Waals surface area contributed by atoms with Crippen LogP contribution in [0.3, 0.4) is 0 Å². The summed E-state index contributed by atoms with van der Waals surface area (Å²) in [7, 11) is 0. The minimum atomic E-state index is -0.493. The van der Waals surface area contributed by atoms with Crippen LogP contribution in [0.4, 0.5) is 0 Å². The Morgan fingerprint density at radius 2 is 2.20 bits per heavy atom. The predicted octanol–water partition coefficient (Wildman–Crippen LogP) is 2.61. The van der Waals surface area contributed by atoms with E-state index in [4.69, 9.17) is 10.5 Å². The van der Waals surface area contributed by atoms with Crippen molar-refractivity contribution >= 4 is 5.91 Å². The van der Waals surface area contributed by atoms with Crippen LogP contribution in [-0.2, 0) is 9.53 Å². The maximum Gasteiger partial charge on any atom is 0.238 e. The van der Waals surface area contributed by atoms with Crippen molar-refractivity contribution in [2.24, 2.45) is 11.7 Å². The van der Waals surface area contributed by atoms with Gasteiger partial charge in [-0.1, -0.05) is 26.7 Å². The number of hydrogen-bond donors (Lipinski definition) is 2. The average Bonchev–Trinajstić information content (AvgIpc) is 2.81. The quantitative estimate of drug-likeness (QED) is 0.648. The molecule has 3 N–H and O–H groups in total. The van der Waals surface area contributed by atoms with E-state index in [0.29, 0.717) is 12.0 Å². The lowest BCUT2D eigenvalue weighted by molar-refractivity contribution is -0.126. The Hall–Kier alpha value is -0.610. The number of carbonyl (C=O) groups excluding carboxylic acids is 1. The number of rotatable bonds is 10. The molecule has 3 unspecified atom stereocenters. The van der Waals surface area contributed by atoms with Gasteiger partial charge in [-0.2, -0.15) is 0 Å². The van der Waals surface area contributed by atoms with E-state index in [1.54, 1.807) is 0 Å². The first-order chi connectivity index (χ1) is 9.56. The zero-order chi connectivity index (χ0) is 15.0. The summed E-state index contributed by atoms with van der Waals surface area (Å²) in [5, 5.41) is 3.43. The highest BCUT2D eigenvalue weighted by Crippen LogP contribution is 2.38. The van der Waals surface area contributed by atoms with Crippen molar-refractivity contribution in [1.82, 2.24) is 5.32 Å². The number of carbonyl (C=O) groups is 1. The second kappa shape index (κ2) is 8.63. The predicted molar refractivity (Wildman–Crippen MR) is 82.5 cm³/mol. The third kappa shape index (κ3) is 4.45. The molecule has 0 aromatic rings. The fourth-order valence-electron chi connectivity index (χ4n) is 3.36. The van der Waals surface area contributed by atoms with Crippen molar-refractivity contribution in [3.8, 4) is 0 Å². The van der Waals surface area contributed by atoms with Crippen LogP contribution in [0.1, 0.15) is 65.7 Å². The number of nitrogens with one attached hydrogen (secondary N) is 1. The van der Waals surface area contributed by atoms with Gasteiger partial charge in [-0.05, 0) is 51.5 Å². The van der Waals surface area contributed by atoms with Gasteiger partial charge in [-0.3, -0.25) is 4.79 Å². The summed E-state index contributed by atoms with van der Waals surface area (Å²) in [6.07, 6.45) is 7.53. The van der Waals surface area contributed by atoms with Crippen LogP contribution in [0.25, 0.3) is 0 Å². The van der Waals surface area contributed by atoms with Gasteiger partial charge in [0, 0.05) is 6.61 Å². The largest absolute Gasteiger partial charge is 0.378 e. The molecular formula is C16H32N2O2. The molecule has 0 saturated heterocycles. The van der Waals surface area contributed by atoms with E-state index in [-0.39, 0.29) is 5.91 Å². The molecule has 0 bridgehead atoms. The normalized spacial score (nSPS) is 27.6. The van der Waals surface area contributed by atoms with Crippen LogP contribution in [0.2, 0.25) is 0 Å². The highest BCUT2D eigenvalue weighted by molar-refractivity contribution is 5.85. The SMILES string of the molecule is CCCNC1(C(N)=O)CCCC1CCOC(C)CCC. The fourth-order valence-corrected chi connectivity index (χ4v) is 3.36. The number of hydrogen-bond acceptors (Lipinski definition) is 3. The number of primary amides is 1. The van der Waals surface area contributed by atoms with Crippen LogP contribution in [0.15, 0.2) is 0 Å². The molecule has 118 valence electrons. The molecule has 4 heteroatoms. The van der Waals surface area contributed by atoms with Crippen molar-refractivity contribution in [3.05, 3.63) is 0 Å². The molecule has 1 saturated carbocycles. The van der Waals surface area contributed by atoms with Gasteiger partial charge in [0.2, 0.25) is 5.91 Å². The lowest BCUT2D eigenvalue weighted by Gasteiger charge is -2.34. The van der Waals surface area contributed by atoms with E-state index < -0.39 is 5.54 Å². The summed E-state index contributed by atoms with van der Waals surface area (Å²) < 4.78 is 5.84. The molecule has 1 rings (SSSR count). The minimum absolute atomic E-state index is 0.185. The van der Waals surface area contributed by atoms with E-state index in [9.17, 15) is 4.79 Å². The first-order valence-corrected chi connectivity index (χ1v) is 8.23. The minimum Gasteiger partial charge on any atom is -0.378 e. The van der Waals surface area contributed by atoms with Crippen molar-refractivity contribution in [1.29, 1.82) is 0 Å². The van der Waals surface area contributed by atoms with Crippen molar-refractivity contribution < 1.29 is 9.53 Å². The standard InChI is InChI=1S/C16H32N2O2/c1-4-7-13(3)20-12-9-14-8-6-10-16(14,15(17)19)18-11-5-2/h13-14,18H,4-12H2,1-3H3,(H2,17,19). The molecule has 20 heavy (non-hydrogen) atoms. The number of ether oxygens (including phenoxy) is 1. The third-order valence-electron chi connectivity index (χ3n) is 4.51. The number of amides is 1. The van der Waals surface area contributed by atoms with Crippen LogP contribution in [-0.4, -0.2) is 30.7 Å². The Bertz CT molecular complexity index is 296. The summed E-state index contributed by atoms with van der Waals surface area (Å²) in [5.41, 5.74) is 5.21. The van der Waals surface area contributed by atoms with Crippen LogP contribution < -0.4 is 11.1 Å². The van der Waals surface area contributed by atoms with E-state index in [1.807, 2.05) is 0 Å². The van der Waals surface area contributed by atoms with Gasteiger partial charge in [-0.25, -0.2) is 0 Å². The first kappa shape index (κ1) is 17.4. The van der Waals surface area contributed by atoms with E-state index in [2.05, 4.69) is 26.1 Å². The van der Waals surface area contributed by atoms with Crippen LogP contribution in [0.5, 0.6) is 0 Å². The smallest absolute Gasteiger partial charge is 0.238 e. The Morgan fingerprint density at radius 3 is 2.80 bits per heavy atom. The number of nitrogens with two attached hydrogens (primary N) is 1. The lowest BCUT2D eigenvalue weighted by atomic mass is 9.84. The summed E-state index contributed by atoms with van der Waals surface area (Å²) in [6.45, 7) is 7.99. The zero-order valence-electron chi connectivity index (χ0n) is 13.4. The molecule has 1 aliphatic rings. The highest BCUT2D eigenvalue weighted by Gasteiger charge is 2.46. The van der Waals surface area contributed by atoms with Gasteiger partial charge in [0.1, 0.15) is 5.54 Å². The Morgan fingerprint density at radius 1 is 1.45 bits per heavy atom. The molecule has 1 aliphatic carbocycles. The molecule has 0 radical (unpaired) electrons. The second-order valence-electron chi connectivity index (χ2n) is 6.11. The van der Waals surface area contributed by atoms with E-state index in [0.717, 1.165) is 58.1 Å². The molecule has 3 atom stereocenters. The Labute approximate surface area is 123 Å². The summed E-state index contributed by atoms with van der Waals surface area (Å²) in [4.78, 5) is 12.0. The van der Waals surface area contributed by atoms with E-state index in [1.165, 1.54) is 0 Å². The van der Waals surface area contributed by atoms with Crippen molar-refractivity contribution in [2.45, 2.75) is 77.4 Å². The van der Waals surface area contributed by atoms with Crippen molar-refractivity contribution in [3.63, 3.8) is 0 Å². The van der Waals surface area contributed by atoms with Crippen LogP contribution >= 0.6 is 0 Å². The summed E-state index contributed by atoms with van der Waals surface area (Å²) in [5.74, 6) is 0.135. The molecule has 0 aromatic heterocycles. The molecular weight excluding hydrogens is 252 g/mol.